The number of hydrogen-bond donors (Lipinski definition) is 2. The van der Waals surface area contributed by atoms with Gasteiger partial charge in [0.2, 0.25) is 11.9 Å². The Morgan fingerprint density at radius 1 is 1.00 bits per heavy atom. The Balaban J connectivity index is 1.91. The van der Waals surface area contributed by atoms with Crippen LogP contribution in [0.1, 0.15) is 22.8 Å². The Morgan fingerprint density at radius 3 is 2.46 bits per heavy atom. The van der Waals surface area contributed by atoms with Crippen molar-refractivity contribution in [1.29, 1.82) is 0 Å². The van der Waals surface area contributed by atoms with Gasteiger partial charge in [0.15, 0.2) is 11.6 Å². The summed E-state index contributed by atoms with van der Waals surface area (Å²) in [6.45, 7) is 2.08. The van der Waals surface area contributed by atoms with E-state index in [1.54, 1.807) is 18.2 Å². The molecule has 6 heteroatoms. The Morgan fingerprint density at radius 2 is 1.71 bits per heavy atom. The lowest BCUT2D eigenvalue weighted by atomic mass is 10.0. The van der Waals surface area contributed by atoms with Gasteiger partial charge < -0.3 is 11.1 Å². The molecule has 0 atom stereocenters. The lowest BCUT2D eigenvalue weighted by Crippen LogP contribution is -2.09. The van der Waals surface area contributed by atoms with Gasteiger partial charge in [0.1, 0.15) is 0 Å². The number of Topliss-reactive ketones (excluding diaryl/α,β-unsaturated/α-hetero) is 1. The van der Waals surface area contributed by atoms with Crippen LogP contribution in [-0.2, 0) is 6.54 Å². The predicted octanol–water partition coefficient (Wildman–Crippen LogP) is 2.94. The molecular weight excluding hydrogens is 302 g/mol. The number of nitrogen functional groups attached to an aromatic ring is 1. The predicted molar refractivity (Wildman–Crippen MR) is 93.4 cm³/mol. The highest BCUT2D eigenvalue weighted by atomic mass is 16.1. The zero-order valence-corrected chi connectivity index (χ0v) is 13.2. The normalized spacial score (nSPS) is 10.4. The first-order valence-electron chi connectivity index (χ1n) is 7.53. The van der Waals surface area contributed by atoms with E-state index in [2.05, 4.69) is 20.3 Å². The molecule has 6 nitrogen and oxygen atoms in total. The standard InChI is InChI=1S/C18H17N5O/c1-12(24)14-9-5-6-10-15(14)16-21-17(19)23-18(22-16)20-11-13-7-3-2-4-8-13/h2-10H,11H2,1H3,(H3,19,20,21,22,23). The van der Waals surface area contributed by atoms with Gasteiger partial charge in [-0.3, -0.25) is 4.79 Å². The van der Waals surface area contributed by atoms with Crippen LogP contribution in [0.2, 0.25) is 0 Å². The van der Waals surface area contributed by atoms with Crippen molar-refractivity contribution in [3.8, 4) is 11.4 Å². The first kappa shape index (κ1) is 15.6. The van der Waals surface area contributed by atoms with Crippen LogP contribution in [0, 0.1) is 0 Å². The summed E-state index contributed by atoms with van der Waals surface area (Å²) in [7, 11) is 0. The second kappa shape index (κ2) is 6.87. The van der Waals surface area contributed by atoms with Crippen molar-refractivity contribution in [2.75, 3.05) is 11.1 Å². The largest absolute Gasteiger partial charge is 0.368 e. The number of carbonyl (C=O) groups excluding carboxylic acids is 1. The van der Waals surface area contributed by atoms with E-state index in [4.69, 9.17) is 5.73 Å². The number of nitrogens with zero attached hydrogens (tertiary/aromatic N) is 3. The van der Waals surface area contributed by atoms with E-state index in [1.807, 2.05) is 36.4 Å². The van der Waals surface area contributed by atoms with E-state index in [-0.39, 0.29) is 11.7 Å². The molecule has 0 aliphatic carbocycles. The summed E-state index contributed by atoms with van der Waals surface area (Å²) >= 11 is 0. The van der Waals surface area contributed by atoms with E-state index < -0.39 is 0 Å². The van der Waals surface area contributed by atoms with Gasteiger partial charge >= 0.3 is 0 Å². The van der Waals surface area contributed by atoms with E-state index in [0.717, 1.165) is 5.56 Å². The third-order valence-corrected chi connectivity index (χ3v) is 3.49. The van der Waals surface area contributed by atoms with Gasteiger partial charge in [-0.2, -0.15) is 15.0 Å². The zero-order chi connectivity index (χ0) is 16.9. The number of benzene rings is 2. The summed E-state index contributed by atoms with van der Waals surface area (Å²) in [5.74, 6) is 0.806. The Labute approximate surface area is 139 Å². The minimum atomic E-state index is -0.0524. The number of nitrogens with one attached hydrogen (secondary N) is 1. The van der Waals surface area contributed by atoms with Gasteiger partial charge in [0.25, 0.3) is 0 Å². The van der Waals surface area contributed by atoms with Crippen LogP contribution in [0.15, 0.2) is 54.6 Å². The number of carbonyl (C=O) groups is 1. The molecule has 0 aliphatic heterocycles. The molecule has 0 saturated heterocycles. The molecule has 0 bridgehead atoms. The van der Waals surface area contributed by atoms with Gasteiger partial charge in [-0.05, 0) is 12.5 Å². The molecule has 0 radical (unpaired) electrons. The van der Waals surface area contributed by atoms with Crippen LogP contribution in [0.3, 0.4) is 0 Å². The Bertz CT molecular complexity index is 864. The highest BCUT2D eigenvalue weighted by molar-refractivity contribution is 6.00. The van der Waals surface area contributed by atoms with Crippen molar-refractivity contribution in [3.63, 3.8) is 0 Å². The second-order valence-electron chi connectivity index (χ2n) is 5.28. The second-order valence-corrected chi connectivity index (χ2v) is 5.28. The van der Waals surface area contributed by atoms with E-state index in [1.165, 1.54) is 6.92 Å². The van der Waals surface area contributed by atoms with Gasteiger partial charge in [0.05, 0.1) is 0 Å². The van der Waals surface area contributed by atoms with Gasteiger partial charge in [-0.1, -0.05) is 54.6 Å². The average molecular weight is 319 g/mol. The van der Waals surface area contributed by atoms with Crippen LogP contribution < -0.4 is 11.1 Å². The minimum absolute atomic E-state index is 0.0524. The van der Waals surface area contributed by atoms with Crippen molar-refractivity contribution in [2.45, 2.75) is 13.5 Å². The van der Waals surface area contributed by atoms with Gasteiger partial charge in [0, 0.05) is 17.7 Å². The van der Waals surface area contributed by atoms with Crippen LogP contribution in [-0.4, -0.2) is 20.7 Å². The summed E-state index contributed by atoms with van der Waals surface area (Å²) < 4.78 is 0. The molecule has 0 fully saturated rings. The van der Waals surface area contributed by atoms with Gasteiger partial charge in [-0.15, -0.1) is 0 Å². The molecular formula is C18H17N5O. The maximum atomic E-state index is 11.8. The summed E-state index contributed by atoms with van der Waals surface area (Å²) in [5, 5.41) is 3.13. The molecule has 1 aromatic heterocycles. The van der Waals surface area contributed by atoms with Crippen molar-refractivity contribution in [3.05, 3.63) is 65.7 Å². The fourth-order valence-corrected chi connectivity index (χ4v) is 2.35. The quantitative estimate of drug-likeness (QED) is 0.702. The molecule has 1 heterocycles. The Hall–Kier alpha value is -3.28. The number of hydrogen-bond acceptors (Lipinski definition) is 6. The maximum absolute atomic E-state index is 11.8. The smallest absolute Gasteiger partial charge is 0.228 e. The number of ketones is 1. The monoisotopic (exact) mass is 319 g/mol. The summed E-state index contributed by atoms with van der Waals surface area (Å²) in [6, 6.07) is 17.1. The van der Waals surface area contributed by atoms with Gasteiger partial charge in [-0.25, -0.2) is 0 Å². The van der Waals surface area contributed by atoms with Crippen LogP contribution in [0.25, 0.3) is 11.4 Å². The zero-order valence-electron chi connectivity index (χ0n) is 13.2. The molecule has 24 heavy (non-hydrogen) atoms. The first-order valence-corrected chi connectivity index (χ1v) is 7.53. The molecule has 0 amide bonds. The third kappa shape index (κ3) is 3.55. The molecule has 0 saturated carbocycles. The molecule has 2 aromatic carbocycles. The SMILES string of the molecule is CC(=O)c1ccccc1-c1nc(N)nc(NCc2ccccc2)n1. The molecule has 0 aliphatic rings. The van der Waals surface area contributed by atoms with Crippen molar-refractivity contribution >= 4 is 17.7 Å². The topological polar surface area (TPSA) is 93.8 Å². The van der Waals surface area contributed by atoms with Crippen LogP contribution >= 0.6 is 0 Å². The summed E-state index contributed by atoms with van der Waals surface area (Å²) in [5.41, 5.74) is 8.10. The minimum Gasteiger partial charge on any atom is -0.368 e. The first-order chi connectivity index (χ1) is 11.6. The number of anilines is 2. The van der Waals surface area contributed by atoms with E-state index >= 15 is 0 Å². The summed E-state index contributed by atoms with van der Waals surface area (Å²) in [6.07, 6.45) is 0. The average Bonchev–Trinajstić information content (AvgIpc) is 2.60. The number of aromatic nitrogens is 3. The van der Waals surface area contributed by atoms with Crippen molar-refractivity contribution in [2.24, 2.45) is 0 Å². The lowest BCUT2D eigenvalue weighted by molar-refractivity contribution is 0.101. The number of nitrogens with two attached hydrogens (primary N) is 1. The van der Waals surface area contributed by atoms with E-state index in [9.17, 15) is 4.79 Å². The van der Waals surface area contributed by atoms with Crippen molar-refractivity contribution < 1.29 is 4.79 Å². The fourth-order valence-electron chi connectivity index (χ4n) is 2.35. The Kier molecular flexibility index (Phi) is 4.47. The highest BCUT2D eigenvalue weighted by Crippen LogP contribution is 2.22. The maximum Gasteiger partial charge on any atom is 0.228 e. The molecule has 3 N–H and O–H groups in total. The fraction of sp³-hybridized carbons (Fsp3) is 0.111. The lowest BCUT2D eigenvalue weighted by Gasteiger charge is -2.09. The molecule has 120 valence electrons. The molecule has 0 spiro atoms. The third-order valence-electron chi connectivity index (χ3n) is 3.49. The van der Waals surface area contributed by atoms with Crippen molar-refractivity contribution in [1.82, 2.24) is 15.0 Å². The number of rotatable bonds is 5. The molecule has 3 aromatic rings. The summed E-state index contributed by atoms with van der Waals surface area (Å²) in [4.78, 5) is 24.5. The molecule has 0 unspecified atom stereocenters. The van der Waals surface area contributed by atoms with Crippen LogP contribution in [0.4, 0.5) is 11.9 Å². The van der Waals surface area contributed by atoms with E-state index in [0.29, 0.717) is 29.4 Å². The molecule has 3 rings (SSSR count). The highest BCUT2D eigenvalue weighted by Gasteiger charge is 2.13. The van der Waals surface area contributed by atoms with Crippen LogP contribution in [0.5, 0.6) is 0 Å².